The fourth-order valence-electron chi connectivity index (χ4n) is 2.13. The van der Waals surface area contributed by atoms with Gasteiger partial charge in [-0.25, -0.2) is 4.79 Å². The van der Waals surface area contributed by atoms with E-state index in [1.807, 2.05) is 0 Å². The minimum atomic E-state index is -0.894. The number of hydrogen-bond acceptors (Lipinski definition) is 2. The summed E-state index contributed by atoms with van der Waals surface area (Å²) in [6.45, 7) is 5.80. The maximum absolute atomic E-state index is 11.2. The van der Waals surface area contributed by atoms with Crippen molar-refractivity contribution in [1.29, 1.82) is 0 Å². The van der Waals surface area contributed by atoms with Crippen molar-refractivity contribution in [3.8, 4) is 0 Å². The number of carbonyl (C=O) groups excluding carboxylic acids is 1. The maximum atomic E-state index is 11.2. The van der Waals surface area contributed by atoms with Gasteiger partial charge in [-0.1, -0.05) is 130 Å². The molecule has 6 heteroatoms. The molecule has 0 rings (SSSR count). The summed E-state index contributed by atoms with van der Waals surface area (Å²) in [6.07, 6.45) is 13.1. The lowest BCUT2D eigenvalue weighted by Gasteiger charge is -2.08. The molecule has 0 radical (unpaired) electrons. The zero-order valence-electron chi connectivity index (χ0n) is 13.6. The monoisotopic (exact) mass is 662 g/mol. The lowest BCUT2D eigenvalue weighted by Crippen LogP contribution is -2.05. The first-order chi connectivity index (χ1) is 10.3. The van der Waals surface area contributed by atoms with Gasteiger partial charge in [0.25, 0.3) is 0.564 Å². The SMILES string of the molecule is C=C(C)C(=O)OCCCCCCCCCCCC[Si](I)(I)I. The molecule has 0 atom stereocenters. The second kappa shape index (κ2) is 14.9. The molecule has 22 heavy (non-hydrogen) atoms. The van der Waals surface area contributed by atoms with Gasteiger partial charge >= 0.3 is 5.97 Å². The zero-order valence-corrected chi connectivity index (χ0v) is 21.1. The summed E-state index contributed by atoms with van der Waals surface area (Å²) >= 11 is 7.97. The third-order valence-electron chi connectivity index (χ3n) is 3.44. The summed E-state index contributed by atoms with van der Waals surface area (Å²) in [5, 5.41) is 0. The molecule has 0 bridgehead atoms. The molecule has 0 unspecified atom stereocenters. The van der Waals surface area contributed by atoms with E-state index in [2.05, 4.69) is 72.0 Å². The van der Waals surface area contributed by atoms with Gasteiger partial charge in [0.15, 0.2) is 0 Å². The summed E-state index contributed by atoms with van der Waals surface area (Å²) in [7, 11) is 0. The Balaban J connectivity index is 3.15. The number of hydrogen-bond donors (Lipinski definition) is 0. The van der Waals surface area contributed by atoms with Gasteiger partial charge in [0.1, 0.15) is 0 Å². The summed E-state index contributed by atoms with van der Waals surface area (Å²) in [5.74, 6) is -0.257. The van der Waals surface area contributed by atoms with Crippen LogP contribution in [0, 0.1) is 0 Å². The van der Waals surface area contributed by atoms with Crippen LogP contribution in [0.15, 0.2) is 12.2 Å². The molecule has 130 valence electrons. The third kappa shape index (κ3) is 18.0. The van der Waals surface area contributed by atoms with Gasteiger partial charge in [0, 0.05) is 5.57 Å². The highest BCUT2D eigenvalue weighted by Gasteiger charge is 2.19. The van der Waals surface area contributed by atoms with E-state index in [1.165, 1.54) is 57.4 Å². The minimum Gasteiger partial charge on any atom is -0.462 e. The largest absolute Gasteiger partial charge is 0.462 e. The van der Waals surface area contributed by atoms with Gasteiger partial charge in [-0.05, 0) is 19.4 Å². The van der Waals surface area contributed by atoms with Crippen LogP contribution >= 0.6 is 65.4 Å². The predicted molar refractivity (Wildman–Crippen MR) is 125 cm³/mol. The average molecular weight is 662 g/mol. The molecule has 0 aromatic rings. The van der Waals surface area contributed by atoms with Crippen LogP contribution in [0.2, 0.25) is 6.04 Å². The first-order valence-corrected chi connectivity index (χ1v) is 19.8. The van der Waals surface area contributed by atoms with Crippen LogP contribution in [-0.2, 0) is 9.53 Å². The van der Waals surface area contributed by atoms with Gasteiger partial charge < -0.3 is 4.74 Å². The second-order valence-electron chi connectivity index (χ2n) is 5.82. The quantitative estimate of drug-likeness (QED) is 0.0490. The van der Waals surface area contributed by atoms with E-state index in [-0.39, 0.29) is 5.97 Å². The van der Waals surface area contributed by atoms with E-state index >= 15 is 0 Å². The molecule has 0 aliphatic heterocycles. The van der Waals surface area contributed by atoms with Gasteiger partial charge in [0.05, 0.1) is 6.61 Å². The van der Waals surface area contributed by atoms with E-state index in [4.69, 9.17) is 4.74 Å². The summed E-state index contributed by atoms with van der Waals surface area (Å²) in [5.41, 5.74) is 0.489. The Labute approximate surface area is 175 Å². The highest BCUT2D eigenvalue weighted by atomic mass is 127. The minimum absolute atomic E-state index is 0.257. The number of unbranched alkanes of at least 4 members (excludes halogenated alkanes) is 9. The van der Waals surface area contributed by atoms with Gasteiger partial charge in [-0.2, -0.15) is 0 Å². The van der Waals surface area contributed by atoms with Crippen molar-refractivity contribution in [2.75, 3.05) is 6.61 Å². The van der Waals surface area contributed by atoms with Crippen molar-refractivity contribution >= 4 is 71.9 Å². The van der Waals surface area contributed by atoms with E-state index < -0.39 is 0.564 Å². The first-order valence-electron chi connectivity index (χ1n) is 8.22. The van der Waals surface area contributed by atoms with E-state index in [9.17, 15) is 4.79 Å². The van der Waals surface area contributed by atoms with Crippen molar-refractivity contribution in [3.63, 3.8) is 0 Å². The van der Waals surface area contributed by atoms with Crippen molar-refractivity contribution in [1.82, 2.24) is 0 Å². The molecule has 0 aliphatic carbocycles. The molecule has 0 spiro atoms. The Kier molecular flexibility index (Phi) is 16.0. The predicted octanol–water partition coefficient (Wildman–Crippen LogP) is 7.25. The van der Waals surface area contributed by atoms with Crippen LogP contribution in [-0.4, -0.2) is 13.1 Å². The lowest BCUT2D eigenvalue weighted by atomic mass is 10.1. The van der Waals surface area contributed by atoms with Crippen molar-refractivity contribution in [2.24, 2.45) is 0 Å². The molecular formula is C16H29I3O2Si. The highest BCUT2D eigenvalue weighted by Crippen LogP contribution is 2.35. The van der Waals surface area contributed by atoms with Crippen LogP contribution in [0.3, 0.4) is 0 Å². The summed E-state index contributed by atoms with van der Waals surface area (Å²) < 4.78 is 4.18. The Morgan fingerprint density at radius 1 is 0.864 bits per heavy atom. The Bertz CT molecular complexity index is 317. The van der Waals surface area contributed by atoms with Crippen LogP contribution in [0.4, 0.5) is 0 Å². The smallest absolute Gasteiger partial charge is 0.333 e. The lowest BCUT2D eigenvalue weighted by molar-refractivity contribution is -0.139. The molecular weight excluding hydrogens is 633 g/mol. The van der Waals surface area contributed by atoms with Gasteiger partial charge in [-0.3, -0.25) is 0 Å². The Morgan fingerprint density at radius 2 is 1.27 bits per heavy atom. The summed E-state index contributed by atoms with van der Waals surface area (Å²) in [6, 6.07) is 1.45. The number of rotatable bonds is 14. The average Bonchev–Trinajstić information content (AvgIpc) is 2.42. The van der Waals surface area contributed by atoms with E-state index in [0.29, 0.717) is 12.2 Å². The van der Waals surface area contributed by atoms with Crippen LogP contribution in [0.5, 0.6) is 0 Å². The molecule has 0 heterocycles. The molecule has 0 aliphatic rings. The van der Waals surface area contributed by atoms with Crippen LogP contribution < -0.4 is 0 Å². The molecule has 0 saturated carbocycles. The molecule has 0 N–H and O–H groups in total. The van der Waals surface area contributed by atoms with Gasteiger partial charge in [0.2, 0.25) is 0 Å². The summed E-state index contributed by atoms with van der Waals surface area (Å²) in [4.78, 5) is 11.2. The molecule has 0 fully saturated rings. The normalized spacial score (nSPS) is 11.5. The Morgan fingerprint density at radius 3 is 1.68 bits per heavy atom. The number of esters is 1. The van der Waals surface area contributed by atoms with E-state index in [1.54, 1.807) is 6.92 Å². The number of ether oxygens (including phenoxy) is 1. The van der Waals surface area contributed by atoms with Crippen LogP contribution in [0.25, 0.3) is 0 Å². The van der Waals surface area contributed by atoms with Crippen molar-refractivity contribution in [3.05, 3.63) is 12.2 Å². The topological polar surface area (TPSA) is 26.3 Å². The zero-order chi connectivity index (χ0) is 16.8. The van der Waals surface area contributed by atoms with Crippen LogP contribution in [0.1, 0.15) is 71.1 Å². The van der Waals surface area contributed by atoms with E-state index in [0.717, 1.165) is 12.8 Å². The molecule has 0 aromatic carbocycles. The maximum Gasteiger partial charge on any atom is 0.333 e. The first kappa shape index (κ1) is 23.6. The standard InChI is InChI=1S/C16H29I3O2Si/c1-15(2)16(20)21-13-11-9-7-5-3-4-6-8-10-12-14-22(17,18)19/h1,3-14H2,2H3. The Hall–Kier alpha value is 1.62. The second-order valence-corrected chi connectivity index (χ2v) is 42.7. The van der Waals surface area contributed by atoms with Crippen molar-refractivity contribution in [2.45, 2.75) is 77.2 Å². The molecule has 0 amide bonds. The van der Waals surface area contributed by atoms with Crippen molar-refractivity contribution < 1.29 is 9.53 Å². The highest BCUT2D eigenvalue weighted by molar-refractivity contribution is 14.4. The number of carbonyl (C=O) groups is 1. The molecule has 0 aromatic heterocycles. The third-order valence-corrected chi connectivity index (χ3v) is 9.21. The molecule has 2 nitrogen and oxygen atoms in total. The fraction of sp³-hybridized carbons (Fsp3) is 0.812. The molecule has 0 saturated heterocycles. The fourth-order valence-corrected chi connectivity index (χ4v) is 6.21. The number of halogens is 3. The van der Waals surface area contributed by atoms with Gasteiger partial charge in [-0.15, -0.1) is 0 Å².